The van der Waals surface area contributed by atoms with E-state index < -0.39 is 0 Å². The Balaban J connectivity index is 1.84. The zero-order valence-electron chi connectivity index (χ0n) is 12.1. The fourth-order valence-electron chi connectivity index (χ4n) is 2.82. The quantitative estimate of drug-likeness (QED) is 0.733. The molecule has 0 bridgehead atoms. The number of thiophene rings is 1. The highest BCUT2D eigenvalue weighted by Crippen LogP contribution is 2.42. The Morgan fingerprint density at radius 3 is 2.76 bits per heavy atom. The Labute approximate surface area is 139 Å². The van der Waals surface area contributed by atoms with Crippen LogP contribution in [0.2, 0.25) is 4.34 Å². The molecule has 0 fully saturated rings. The van der Waals surface area contributed by atoms with Crippen molar-refractivity contribution in [1.82, 2.24) is 0 Å². The van der Waals surface area contributed by atoms with Crippen molar-refractivity contribution in [3.8, 4) is 0 Å². The summed E-state index contributed by atoms with van der Waals surface area (Å²) in [7, 11) is 0. The summed E-state index contributed by atoms with van der Waals surface area (Å²) in [4.78, 5) is 2.61. The number of rotatable bonds is 5. The number of halogens is 1. The van der Waals surface area contributed by atoms with Crippen LogP contribution in [0.25, 0.3) is 0 Å². The minimum Gasteiger partial charge on any atom is -0.326 e. The van der Waals surface area contributed by atoms with Gasteiger partial charge in [-0.1, -0.05) is 24.6 Å². The Morgan fingerprint density at radius 2 is 2.05 bits per heavy atom. The third kappa shape index (κ3) is 3.48. The van der Waals surface area contributed by atoms with E-state index in [-0.39, 0.29) is 11.3 Å². The van der Waals surface area contributed by atoms with Crippen molar-refractivity contribution in [3.63, 3.8) is 0 Å². The van der Waals surface area contributed by atoms with E-state index in [1.807, 2.05) is 17.8 Å². The monoisotopic (exact) mass is 337 g/mol. The highest BCUT2D eigenvalue weighted by molar-refractivity contribution is 7.99. The van der Waals surface area contributed by atoms with Crippen LogP contribution in [0.15, 0.2) is 35.2 Å². The molecule has 0 aliphatic heterocycles. The molecule has 2 unspecified atom stereocenters. The van der Waals surface area contributed by atoms with Crippen LogP contribution in [0, 0.1) is 0 Å². The Hall–Kier alpha value is -0.480. The van der Waals surface area contributed by atoms with Crippen LogP contribution in [0.3, 0.4) is 0 Å². The molecule has 2 atom stereocenters. The first-order chi connectivity index (χ1) is 10.2. The van der Waals surface area contributed by atoms with Gasteiger partial charge in [0.25, 0.3) is 0 Å². The number of aryl methyl sites for hydroxylation is 2. The van der Waals surface area contributed by atoms with Crippen LogP contribution in [0.1, 0.15) is 41.0 Å². The summed E-state index contributed by atoms with van der Waals surface area (Å²) in [6.45, 7) is 2.15. The normalized spacial score (nSPS) is 16.7. The van der Waals surface area contributed by atoms with E-state index in [0.29, 0.717) is 0 Å². The molecule has 1 aromatic carbocycles. The molecule has 2 N–H and O–H groups in total. The first-order valence-electron chi connectivity index (χ1n) is 7.46. The molecule has 4 heteroatoms. The summed E-state index contributed by atoms with van der Waals surface area (Å²) >= 11 is 9.63. The van der Waals surface area contributed by atoms with Crippen molar-refractivity contribution >= 4 is 34.7 Å². The molecule has 1 heterocycles. The second-order valence-electron chi connectivity index (χ2n) is 5.54. The van der Waals surface area contributed by atoms with Gasteiger partial charge in [-0.25, -0.2) is 0 Å². The van der Waals surface area contributed by atoms with Gasteiger partial charge in [0.15, 0.2) is 0 Å². The van der Waals surface area contributed by atoms with Crippen LogP contribution in [-0.2, 0) is 12.8 Å². The molecule has 0 spiro atoms. The summed E-state index contributed by atoms with van der Waals surface area (Å²) in [6.07, 6.45) is 4.72. The number of nitrogens with two attached hydrogens (primary N) is 1. The topological polar surface area (TPSA) is 26.0 Å². The van der Waals surface area contributed by atoms with Crippen molar-refractivity contribution in [1.29, 1.82) is 0 Å². The van der Waals surface area contributed by atoms with E-state index in [9.17, 15) is 0 Å². The average molecular weight is 338 g/mol. The largest absolute Gasteiger partial charge is 0.326 e. The standard InChI is InChI=1S/C17H20ClNS2/c1-2-14(19)17(15-8-9-16(18)21-15)20-13-7-6-11-4-3-5-12(11)10-13/h6-10,14,17H,2-5,19H2,1H3. The molecule has 0 saturated carbocycles. The minimum atomic E-state index is 0.151. The predicted octanol–water partition coefficient (Wildman–Crippen LogP) is 5.46. The summed E-state index contributed by atoms with van der Waals surface area (Å²) < 4.78 is 0.841. The summed E-state index contributed by atoms with van der Waals surface area (Å²) in [5, 5.41) is 0.284. The van der Waals surface area contributed by atoms with Crippen LogP contribution in [0.5, 0.6) is 0 Å². The van der Waals surface area contributed by atoms with Gasteiger partial charge in [-0.15, -0.1) is 23.1 Å². The molecule has 0 radical (unpaired) electrons. The van der Waals surface area contributed by atoms with Crippen molar-refractivity contribution in [2.45, 2.75) is 48.8 Å². The molecular weight excluding hydrogens is 318 g/mol. The molecular formula is C17H20ClNS2. The number of thioether (sulfide) groups is 1. The van der Waals surface area contributed by atoms with Gasteiger partial charge in [0.2, 0.25) is 0 Å². The molecule has 1 aromatic heterocycles. The average Bonchev–Trinajstić information content (AvgIpc) is 3.12. The summed E-state index contributed by atoms with van der Waals surface area (Å²) in [5.74, 6) is 0. The SMILES string of the molecule is CCC(N)C(Sc1ccc2c(c1)CCC2)c1ccc(Cl)s1. The van der Waals surface area contributed by atoms with Gasteiger partial charge in [0.1, 0.15) is 0 Å². The fraction of sp³-hybridized carbons (Fsp3) is 0.412. The van der Waals surface area contributed by atoms with Gasteiger partial charge < -0.3 is 5.73 Å². The first-order valence-corrected chi connectivity index (χ1v) is 9.54. The van der Waals surface area contributed by atoms with Crippen LogP contribution in [0.4, 0.5) is 0 Å². The minimum absolute atomic E-state index is 0.151. The lowest BCUT2D eigenvalue weighted by Gasteiger charge is -2.21. The van der Waals surface area contributed by atoms with E-state index in [2.05, 4.69) is 31.2 Å². The second kappa shape index (κ2) is 6.74. The van der Waals surface area contributed by atoms with Crippen molar-refractivity contribution in [3.05, 3.63) is 50.7 Å². The van der Waals surface area contributed by atoms with Crippen LogP contribution < -0.4 is 5.73 Å². The lowest BCUT2D eigenvalue weighted by atomic mass is 10.1. The Kier molecular flexibility index (Phi) is 4.95. The maximum absolute atomic E-state index is 6.36. The Morgan fingerprint density at radius 1 is 1.24 bits per heavy atom. The lowest BCUT2D eigenvalue weighted by molar-refractivity contribution is 0.640. The predicted molar refractivity (Wildman–Crippen MR) is 94.7 cm³/mol. The van der Waals surface area contributed by atoms with E-state index >= 15 is 0 Å². The molecule has 0 amide bonds. The first kappa shape index (κ1) is 15.4. The zero-order chi connectivity index (χ0) is 14.8. The van der Waals surface area contributed by atoms with Crippen molar-refractivity contribution in [2.24, 2.45) is 5.73 Å². The summed E-state index contributed by atoms with van der Waals surface area (Å²) in [6, 6.07) is 11.1. The van der Waals surface area contributed by atoms with Crippen molar-refractivity contribution < 1.29 is 0 Å². The van der Waals surface area contributed by atoms with E-state index in [4.69, 9.17) is 17.3 Å². The number of benzene rings is 1. The zero-order valence-corrected chi connectivity index (χ0v) is 14.5. The highest BCUT2D eigenvalue weighted by Gasteiger charge is 2.22. The van der Waals surface area contributed by atoms with E-state index in [1.54, 1.807) is 11.3 Å². The van der Waals surface area contributed by atoms with Crippen LogP contribution in [-0.4, -0.2) is 6.04 Å². The molecule has 3 rings (SSSR count). The molecule has 1 nitrogen and oxygen atoms in total. The molecule has 112 valence electrons. The Bertz CT molecular complexity index is 623. The maximum atomic E-state index is 6.36. The maximum Gasteiger partial charge on any atom is 0.0931 e. The fourth-order valence-corrected chi connectivity index (χ4v) is 5.44. The highest BCUT2D eigenvalue weighted by atomic mass is 35.5. The van der Waals surface area contributed by atoms with E-state index in [0.717, 1.165) is 10.8 Å². The number of fused-ring (bicyclic) bond motifs is 1. The lowest BCUT2D eigenvalue weighted by Crippen LogP contribution is -2.25. The molecule has 21 heavy (non-hydrogen) atoms. The van der Waals surface area contributed by atoms with Crippen molar-refractivity contribution in [2.75, 3.05) is 0 Å². The smallest absolute Gasteiger partial charge is 0.0931 e. The van der Waals surface area contributed by atoms with Gasteiger partial charge in [-0.05, 0) is 61.1 Å². The second-order valence-corrected chi connectivity index (χ2v) is 8.50. The third-order valence-electron chi connectivity index (χ3n) is 4.07. The number of hydrogen-bond acceptors (Lipinski definition) is 3. The van der Waals surface area contributed by atoms with Gasteiger partial charge in [0, 0.05) is 15.8 Å². The van der Waals surface area contributed by atoms with Gasteiger partial charge in [0.05, 0.1) is 9.59 Å². The van der Waals surface area contributed by atoms with E-state index in [1.165, 1.54) is 40.2 Å². The summed E-state index contributed by atoms with van der Waals surface area (Å²) in [5.41, 5.74) is 9.41. The molecule has 1 aliphatic carbocycles. The number of hydrogen-bond donors (Lipinski definition) is 1. The molecule has 0 saturated heterocycles. The van der Waals surface area contributed by atoms with Crippen LogP contribution >= 0.6 is 34.7 Å². The van der Waals surface area contributed by atoms with Gasteiger partial charge >= 0.3 is 0 Å². The van der Waals surface area contributed by atoms with Gasteiger partial charge in [-0.2, -0.15) is 0 Å². The molecule has 1 aliphatic rings. The van der Waals surface area contributed by atoms with Gasteiger partial charge in [-0.3, -0.25) is 0 Å². The molecule has 2 aromatic rings. The third-order valence-corrected chi connectivity index (χ3v) is 6.91.